The maximum Gasteiger partial charge on any atom is 0.273 e. The summed E-state index contributed by atoms with van der Waals surface area (Å²) in [5.41, 5.74) is 2.03. The van der Waals surface area contributed by atoms with E-state index in [-0.39, 0.29) is 16.5 Å². The van der Waals surface area contributed by atoms with Crippen LogP contribution in [-0.2, 0) is 6.54 Å². The van der Waals surface area contributed by atoms with Gasteiger partial charge in [0.1, 0.15) is 0 Å². The SMILES string of the molecule is CC(C)c1ccc(CNCC2SCCS2)cc1[N+](=O)[O-]. The van der Waals surface area contributed by atoms with Gasteiger partial charge in [0.05, 0.1) is 9.51 Å². The molecular formula is C14H20N2O2S2. The summed E-state index contributed by atoms with van der Waals surface area (Å²) < 4.78 is 0.625. The number of thioether (sulfide) groups is 2. The van der Waals surface area contributed by atoms with Crippen LogP contribution in [0.3, 0.4) is 0 Å². The number of nitro benzene ring substituents is 1. The standard InChI is InChI=1S/C14H20N2O2S2/c1-10(2)12-4-3-11(7-13(12)16(17)18)8-15-9-14-19-5-6-20-14/h3-4,7,10,14-15H,5-6,8-9H2,1-2H3. The number of nitrogens with one attached hydrogen (secondary N) is 1. The van der Waals surface area contributed by atoms with Crippen molar-refractivity contribution < 1.29 is 4.92 Å². The summed E-state index contributed by atoms with van der Waals surface area (Å²) in [5.74, 6) is 2.63. The molecule has 1 N–H and O–H groups in total. The van der Waals surface area contributed by atoms with E-state index in [1.807, 2.05) is 49.5 Å². The second-order valence-corrected chi connectivity index (χ2v) is 8.03. The van der Waals surface area contributed by atoms with Crippen molar-refractivity contribution in [3.63, 3.8) is 0 Å². The van der Waals surface area contributed by atoms with E-state index < -0.39 is 0 Å². The fourth-order valence-corrected chi connectivity index (χ4v) is 4.93. The molecule has 1 aliphatic heterocycles. The van der Waals surface area contributed by atoms with Gasteiger partial charge in [-0.3, -0.25) is 10.1 Å². The smallest absolute Gasteiger partial charge is 0.273 e. The Morgan fingerprint density at radius 1 is 1.40 bits per heavy atom. The van der Waals surface area contributed by atoms with E-state index in [9.17, 15) is 10.1 Å². The molecule has 1 saturated heterocycles. The quantitative estimate of drug-likeness (QED) is 0.642. The van der Waals surface area contributed by atoms with Crippen LogP contribution in [0.25, 0.3) is 0 Å². The second kappa shape index (κ2) is 7.33. The molecule has 0 atom stereocenters. The molecule has 6 heteroatoms. The number of nitro groups is 1. The molecule has 1 heterocycles. The number of rotatable bonds is 6. The third kappa shape index (κ3) is 4.14. The highest BCUT2D eigenvalue weighted by Gasteiger charge is 2.18. The Morgan fingerprint density at radius 3 is 2.70 bits per heavy atom. The van der Waals surface area contributed by atoms with Gasteiger partial charge in [-0.25, -0.2) is 0 Å². The molecule has 1 aromatic carbocycles. The average molecular weight is 312 g/mol. The van der Waals surface area contributed by atoms with E-state index in [1.54, 1.807) is 6.07 Å². The minimum Gasteiger partial charge on any atom is -0.311 e. The third-order valence-corrected chi connectivity index (χ3v) is 6.28. The molecule has 0 radical (unpaired) electrons. The number of nitrogens with zero attached hydrogens (tertiary/aromatic N) is 1. The van der Waals surface area contributed by atoms with Gasteiger partial charge in [-0.1, -0.05) is 26.0 Å². The van der Waals surface area contributed by atoms with Gasteiger partial charge < -0.3 is 5.32 Å². The lowest BCUT2D eigenvalue weighted by atomic mass is 9.99. The molecule has 4 nitrogen and oxygen atoms in total. The van der Waals surface area contributed by atoms with Gasteiger partial charge in [-0.2, -0.15) is 0 Å². The summed E-state index contributed by atoms with van der Waals surface area (Å²) >= 11 is 3.97. The Hall–Kier alpha value is -0.720. The molecule has 0 aliphatic carbocycles. The zero-order chi connectivity index (χ0) is 14.5. The molecule has 1 aliphatic rings. The Balaban J connectivity index is 1.97. The predicted molar refractivity (Wildman–Crippen MR) is 87.6 cm³/mol. The highest BCUT2D eigenvalue weighted by atomic mass is 32.2. The molecule has 1 aromatic rings. The molecule has 1 fully saturated rings. The van der Waals surface area contributed by atoms with Gasteiger partial charge in [0.25, 0.3) is 5.69 Å². The van der Waals surface area contributed by atoms with Crippen LogP contribution in [0.4, 0.5) is 5.69 Å². The number of hydrogen-bond acceptors (Lipinski definition) is 5. The van der Waals surface area contributed by atoms with Gasteiger partial charge in [0.2, 0.25) is 0 Å². The van der Waals surface area contributed by atoms with Crippen molar-refractivity contribution >= 4 is 29.2 Å². The van der Waals surface area contributed by atoms with Crippen LogP contribution >= 0.6 is 23.5 Å². The fraction of sp³-hybridized carbons (Fsp3) is 0.571. The lowest BCUT2D eigenvalue weighted by Crippen LogP contribution is -2.21. The Kier molecular flexibility index (Phi) is 5.74. The van der Waals surface area contributed by atoms with Crippen molar-refractivity contribution in [2.75, 3.05) is 18.1 Å². The van der Waals surface area contributed by atoms with Gasteiger partial charge >= 0.3 is 0 Å². The predicted octanol–water partition coefficient (Wildman–Crippen LogP) is 3.61. The van der Waals surface area contributed by atoms with Gasteiger partial charge in [-0.15, -0.1) is 23.5 Å². The molecule has 0 unspecified atom stereocenters. The first-order valence-corrected chi connectivity index (χ1v) is 8.89. The van der Waals surface area contributed by atoms with Crippen LogP contribution in [0.2, 0.25) is 0 Å². The molecule has 2 rings (SSSR count). The first-order chi connectivity index (χ1) is 9.58. The van der Waals surface area contributed by atoms with E-state index in [2.05, 4.69) is 5.32 Å². The zero-order valence-corrected chi connectivity index (χ0v) is 13.4. The summed E-state index contributed by atoms with van der Waals surface area (Å²) in [6, 6.07) is 5.58. The fourth-order valence-electron chi connectivity index (χ4n) is 2.20. The van der Waals surface area contributed by atoms with Crippen molar-refractivity contribution in [3.8, 4) is 0 Å². The average Bonchev–Trinajstić information content (AvgIpc) is 2.91. The second-order valence-electron chi connectivity index (χ2n) is 5.11. The molecular weight excluding hydrogens is 292 g/mol. The highest BCUT2D eigenvalue weighted by molar-refractivity contribution is 8.20. The van der Waals surface area contributed by atoms with Crippen molar-refractivity contribution in [1.29, 1.82) is 0 Å². The molecule has 0 bridgehead atoms. The number of benzene rings is 1. The van der Waals surface area contributed by atoms with E-state index in [0.717, 1.165) is 17.7 Å². The monoisotopic (exact) mass is 312 g/mol. The van der Waals surface area contributed by atoms with Gasteiger partial charge in [0, 0.05) is 36.2 Å². The van der Waals surface area contributed by atoms with E-state index >= 15 is 0 Å². The van der Waals surface area contributed by atoms with Crippen molar-refractivity contribution in [2.45, 2.75) is 30.9 Å². The first-order valence-electron chi connectivity index (χ1n) is 6.79. The van der Waals surface area contributed by atoms with Crippen molar-refractivity contribution in [2.24, 2.45) is 0 Å². The summed E-state index contributed by atoms with van der Waals surface area (Å²) in [6.45, 7) is 5.61. The highest BCUT2D eigenvalue weighted by Crippen LogP contribution is 2.31. The summed E-state index contributed by atoms with van der Waals surface area (Å²) in [7, 11) is 0. The largest absolute Gasteiger partial charge is 0.311 e. The lowest BCUT2D eigenvalue weighted by molar-refractivity contribution is -0.385. The molecule has 20 heavy (non-hydrogen) atoms. The molecule has 0 aromatic heterocycles. The van der Waals surface area contributed by atoms with Gasteiger partial charge in [-0.05, 0) is 11.5 Å². The maximum absolute atomic E-state index is 11.1. The van der Waals surface area contributed by atoms with Crippen LogP contribution in [0.15, 0.2) is 18.2 Å². The lowest BCUT2D eigenvalue weighted by Gasteiger charge is -2.11. The van der Waals surface area contributed by atoms with E-state index in [4.69, 9.17) is 0 Å². The minimum absolute atomic E-state index is 0.170. The molecule has 0 saturated carbocycles. The van der Waals surface area contributed by atoms with Crippen LogP contribution in [0.1, 0.15) is 30.9 Å². The third-order valence-electron chi connectivity index (χ3n) is 3.24. The summed E-state index contributed by atoms with van der Waals surface area (Å²) in [6.07, 6.45) is 0. The Bertz CT molecular complexity index is 474. The first kappa shape index (κ1) is 15.7. The maximum atomic E-state index is 11.1. The summed E-state index contributed by atoms with van der Waals surface area (Å²) in [5, 5.41) is 14.5. The normalized spacial score (nSPS) is 15.9. The van der Waals surface area contributed by atoms with Crippen LogP contribution in [-0.4, -0.2) is 27.6 Å². The molecule has 0 spiro atoms. The van der Waals surface area contributed by atoms with Crippen molar-refractivity contribution in [3.05, 3.63) is 39.4 Å². The van der Waals surface area contributed by atoms with E-state index in [0.29, 0.717) is 11.1 Å². The van der Waals surface area contributed by atoms with Crippen molar-refractivity contribution in [1.82, 2.24) is 5.32 Å². The van der Waals surface area contributed by atoms with Crippen LogP contribution in [0, 0.1) is 10.1 Å². The minimum atomic E-state index is -0.276. The van der Waals surface area contributed by atoms with E-state index in [1.165, 1.54) is 11.5 Å². The van der Waals surface area contributed by atoms with Crippen LogP contribution < -0.4 is 5.32 Å². The molecule has 110 valence electrons. The Morgan fingerprint density at radius 2 is 2.10 bits per heavy atom. The zero-order valence-electron chi connectivity index (χ0n) is 11.8. The van der Waals surface area contributed by atoms with Crippen LogP contribution in [0.5, 0.6) is 0 Å². The topological polar surface area (TPSA) is 55.2 Å². The van der Waals surface area contributed by atoms with Gasteiger partial charge in [0.15, 0.2) is 0 Å². The summed E-state index contributed by atoms with van der Waals surface area (Å²) in [4.78, 5) is 10.9. The Labute approximate surface area is 128 Å². The molecule has 0 amide bonds. The number of hydrogen-bond donors (Lipinski definition) is 1.